The molecular weight excluding hydrogens is 293 g/mol. The van der Waals surface area contributed by atoms with Gasteiger partial charge in [-0.15, -0.1) is 0 Å². The summed E-state index contributed by atoms with van der Waals surface area (Å²) >= 11 is 0. The van der Waals surface area contributed by atoms with Crippen LogP contribution in [0.2, 0.25) is 0 Å². The number of amides is 1. The fourth-order valence-electron chi connectivity index (χ4n) is 2.45. The van der Waals surface area contributed by atoms with Gasteiger partial charge in [0.05, 0.1) is 5.69 Å². The summed E-state index contributed by atoms with van der Waals surface area (Å²) in [7, 11) is 1.85. The number of aryl methyl sites for hydroxylation is 1. The summed E-state index contributed by atoms with van der Waals surface area (Å²) in [6, 6.07) is 8.33. The molecule has 0 saturated heterocycles. The number of carbonyl (C=O) groups is 1. The summed E-state index contributed by atoms with van der Waals surface area (Å²) in [5, 5.41) is 7.21. The van der Waals surface area contributed by atoms with E-state index >= 15 is 0 Å². The molecule has 0 bridgehead atoms. The first-order valence-electron chi connectivity index (χ1n) is 8.06. The average Bonchev–Trinajstić information content (AvgIpc) is 3.02. The third-order valence-corrected chi connectivity index (χ3v) is 4.10. The Bertz CT molecular complexity index is 653. The lowest BCUT2D eigenvalue weighted by Crippen LogP contribution is -2.32. The van der Waals surface area contributed by atoms with Crippen molar-refractivity contribution in [2.75, 3.05) is 13.6 Å². The smallest absolute Gasteiger partial charge is 0.225 e. The Morgan fingerprint density at radius 2 is 2.17 bits per heavy atom. The Morgan fingerprint density at radius 1 is 1.39 bits per heavy atom. The van der Waals surface area contributed by atoms with E-state index in [2.05, 4.69) is 10.2 Å². The van der Waals surface area contributed by atoms with E-state index in [1.54, 1.807) is 11.0 Å². The van der Waals surface area contributed by atoms with Crippen molar-refractivity contribution in [2.24, 2.45) is 5.92 Å². The van der Waals surface area contributed by atoms with Crippen LogP contribution in [0.4, 0.5) is 4.39 Å². The molecule has 0 aliphatic rings. The monoisotopic (exact) mass is 317 g/mol. The van der Waals surface area contributed by atoms with Gasteiger partial charge in [0.15, 0.2) is 0 Å². The Hall–Kier alpha value is -2.17. The number of carbonyl (C=O) groups excluding carboxylic acids is 1. The SMILES string of the molecule is CCC(C)C(=O)N(C)CCCc1cc(-c2cccc(F)c2)n[nH]1. The predicted molar refractivity (Wildman–Crippen MR) is 89.4 cm³/mol. The molecule has 1 amide bonds. The quantitative estimate of drug-likeness (QED) is 0.847. The van der Waals surface area contributed by atoms with Gasteiger partial charge in [-0.05, 0) is 37.5 Å². The van der Waals surface area contributed by atoms with E-state index in [0.29, 0.717) is 0 Å². The summed E-state index contributed by atoms with van der Waals surface area (Å²) in [5.74, 6) is 0.00141. The summed E-state index contributed by atoms with van der Waals surface area (Å²) in [4.78, 5) is 13.8. The summed E-state index contributed by atoms with van der Waals surface area (Å²) in [6.45, 7) is 4.70. The number of hydrogen-bond acceptors (Lipinski definition) is 2. The number of H-pyrrole nitrogens is 1. The molecule has 1 N–H and O–H groups in total. The molecule has 4 nitrogen and oxygen atoms in total. The molecule has 23 heavy (non-hydrogen) atoms. The molecule has 5 heteroatoms. The number of nitrogens with one attached hydrogen (secondary N) is 1. The van der Waals surface area contributed by atoms with Crippen LogP contribution in [0.15, 0.2) is 30.3 Å². The summed E-state index contributed by atoms with van der Waals surface area (Å²) < 4.78 is 13.2. The Morgan fingerprint density at radius 3 is 2.87 bits per heavy atom. The van der Waals surface area contributed by atoms with E-state index < -0.39 is 0 Å². The van der Waals surface area contributed by atoms with Gasteiger partial charge in [-0.2, -0.15) is 5.10 Å². The minimum Gasteiger partial charge on any atom is -0.346 e. The molecule has 124 valence electrons. The second kappa shape index (κ2) is 7.90. The van der Waals surface area contributed by atoms with E-state index in [0.717, 1.165) is 42.8 Å². The number of aromatic amines is 1. The number of benzene rings is 1. The van der Waals surface area contributed by atoms with Crippen LogP contribution in [0.25, 0.3) is 11.3 Å². The third kappa shape index (κ3) is 4.65. The van der Waals surface area contributed by atoms with Crippen molar-refractivity contribution >= 4 is 5.91 Å². The average molecular weight is 317 g/mol. The van der Waals surface area contributed by atoms with Crippen molar-refractivity contribution in [3.63, 3.8) is 0 Å². The van der Waals surface area contributed by atoms with Crippen LogP contribution in [0.3, 0.4) is 0 Å². The maximum absolute atomic E-state index is 13.2. The molecule has 0 radical (unpaired) electrons. The van der Waals surface area contributed by atoms with E-state index in [4.69, 9.17) is 0 Å². The molecule has 1 aromatic carbocycles. The maximum atomic E-state index is 13.2. The highest BCUT2D eigenvalue weighted by molar-refractivity contribution is 5.78. The molecule has 1 heterocycles. The van der Waals surface area contributed by atoms with Gasteiger partial charge >= 0.3 is 0 Å². The minimum atomic E-state index is -0.266. The first kappa shape index (κ1) is 17.2. The molecule has 1 atom stereocenters. The standard InChI is InChI=1S/C18H24FN3O/c1-4-13(2)18(23)22(3)10-6-9-16-12-17(21-20-16)14-7-5-8-15(19)11-14/h5,7-8,11-13H,4,6,9-10H2,1-3H3,(H,20,21). The van der Waals surface area contributed by atoms with E-state index in [-0.39, 0.29) is 17.6 Å². The van der Waals surface area contributed by atoms with Gasteiger partial charge in [0.1, 0.15) is 5.82 Å². The van der Waals surface area contributed by atoms with Gasteiger partial charge in [-0.3, -0.25) is 9.89 Å². The first-order chi connectivity index (χ1) is 11.0. The van der Waals surface area contributed by atoms with Crippen molar-refractivity contribution in [1.29, 1.82) is 0 Å². The van der Waals surface area contributed by atoms with Gasteiger partial charge in [0, 0.05) is 30.8 Å². The predicted octanol–water partition coefficient (Wildman–Crippen LogP) is 3.65. The van der Waals surface area contributed by atoms with Gasteiger partial charge < -0.3 is 4.90 Å². The van der Waals surface area contributed by atoms with Crippen LogP contribution >= 0.6 is 0 Å². The topological polar surface area (TPSA) is 49.0 Å². The van der Waals surface area contributed by atoms with Gasteiger partial charge in [-0.1, -0.05) is 26.0 Å². The highest BCUT2D eigenvalue weighted by Gasteiger charge is 2.15. The minimum absolute atomic E-state index is 0.0757. The second-order valence-corrected chi connectivity index (χ2v) is 5.96. The highest BCUT2D eigenvalue weighted by Crippen LogP contribution is 2.19. The molecule has 2 aromatic rings. The van der Waals surface area contributed by atoms with E-state index in [9.17, 15) is 9.18 Å². The summed E-state index contributed by atoms with van der Waals surface area (Å²) in [5.41, 5.74) is 2.49. The van der Waals surface area contributed by atoms with Crippen molar-refractivity contribution in [3.8, 4) is 11.3 Å². The second-order valence-electron chi connectivity index (χ2n) is 5.96. The fourth-order valence-corrected chi connectivity index (χ4v) is 2.45. The zero-order valence-corrected chi connectivity index (χ0v) is 14.0. The zero-order valence-electron chi connectivity index (χ0n) is 14.0. The lowest BCUT2D eigenvalue weighted by atomic mass is 10.1. The lowest BCUT2D eigenvalue weighted by molar-refractivity contribution is -0.133. The lowest BCUT2D eigenvalue weighted by Gasteiger charge is -2.20. The molecule has 0 spiro atoms. The van der Waals surface area contributed by atoms with Gasteiger partial charge in [0.2, 0.25) is 5.91 Å². The molecular formula is C18H24FN3O. The van der Waals surface area contributed by atoms with Crippen molar-refractivity contribution in [1.82, 2.24) is 15.1 Å². The zero-order chi connectivity index (χ0) is 16.8. The van der Waals surface area contributed by atoms with Crippen molar-refractivity contribution in [2.45, 2.75) is 33.1 Å². The Labute approximate surface area is 136 Å². The molecule has 1 aromatic heterocycles. The normalized spacial score (nSPS) is 12.2. The van der Waals surface area contributed by atoms with Crippen LogP contribution in [0.5, 0.6) is 0 Å². The fraction of sp³-hybridized carbons (Fsp3) is 0.444. The number of aromatic nitrogens is 2. The molecule has 0 saturated carbocycles. The summed E-state index contributed by atoms with van der Waals surface area (Å²) in [6.07, 6.45) is 2.53. The van der Waals surface area contributed by atoms with Crippen molar-refractivity contribution < 1.29 is 9.18 Å². The van der Waals surface area contributed by atoms with E-state index in [1.165, 1.54) is 12.1 Å². The maximum Gasteiger partial charge on any atom is 0.225 e. The van der Waals surface area contributed by atoms with Crippen molar-refractivity contribution in [3.05, 3.63) is 41.8 Å². The first-order valence-corrected chi connectivity index (χ1v) is 8.06. The van der Waals surface area contributed by atoms with Gasteiger partial charge in [-0.25, -0.2) is 4.39 Å². The molecule has 0 aliphatic heterocycles. The molecule has 0 fully saturated rings. The number of nitrogens with zero attached hydrogens (tertiary/aromatic N) is 2. The Balaban J connectivity index is 1.87. The van der Waals surface area contributed by atoms with Crippen LogP contribution in [0, 0.1) is 11.7 Å². The Kier molecular flexibility index (Phi) is 5.90. The van der Waals surface area contributed by atoms with E-state index in [1.807, 2.05) is 33.0 Å². The van der Waals surface area contributed by atoms with Crippen LogP contribution < -0.4 is 0 Å². The molecule has 1 unspecified atom stereocenters. The molecule has 0 aliphatic carbocycles. The number of hydrogen-bond donors (Lipinski definition) is 1. The molecule has 2 rings (SSSR count). The van der Waals surface area contributed by atoms with Gasteiger partial charge in [0.25, 0.3) is 0 Å². The number of rotatable bonds is 7. The van der Waals surface area contributed by atoms with Crippen LogP contribution in [0.1, 0.15) is 32.4 Å². The van der Waals surface area contributed by atoms with Crippen LogP contribution in [-0.2, 0) is 11.2 Å². The highest BCUT2D eigenvalue weighted by atomic mass is 19.1. The third-order valence-electron chi connectivity index (χ3n) is 4.10. The largest absolute Gasteiger partial charge is 0.346 e. The number of halogens is 1. The van der Waals surface area contributed by atoms with Crippen LogP contribution in [-0.4, -0.2) is 34.6 Å².